The number of amidine groups is 1. The van der Waals surface area contributed by atoms with E-state index in [4.69, 9.17) is 4.74 Å². The summed E-state index contributed by atoms with van der Waals surface area (Å²) in [4.78, 5) is 15.4. The summed E-state index contributed by atoms with van der Waals surface area (Å²) in [5, 5.41) is 11.0. The summed E-state index contributed by atoms with van der Waals surface area (Å²) in [6.45, 7) is 2.50. The smallest absolute Gasteiger partial charge is 0.242 e. The fourth-order valence-corrected chi connectivity index (χ4v) is 4.01. The van der Waals surface area contributed by atoms with Crippen molar-refractivity contribution in [3.63, 3.8) is 0 Å². The molecular weight excluding hydrogens is 354 g/mol. The summed E-state index contributed by atoms with van der Waals surface area (Å²) in [7, 11) is 1.64. The highest BCUT2D eigenvalue weighted by Gasteiger charge is 2.36. The lowest BCUT2D eigenvalue weighted by Crippen LogP contribution is -2.31. The summed E-state index contributed by atoms with van der Waals surface area (Å²) in [5.41, 5.74) is 1.03. The van der Waals surface area contributed by atoms with Crippen LogP contribution in [0.4, 0.5) is 0 Å². The van der Waals surface area contributed by atoms with Crippen LogP contribution < -0.4 is 4.74 Å². The maximum Gasteiger partial charge on any atom is 0.242 e. The SMILES string of the molecule is CC[C@H]1S/C(=N/N=C\c2cccs2)N(Cc2ccc(OC)cc2)C1=O. The number of hydrogen-bond donors (Lipinski definition) is 0. The number of amides is 1. The van der Waals surface area contributed by atoms with E-state index in [0.717, 1.165) is 22.6 Å². The van der Waals surface area contributed by atoms with Gasteiger partial charge in [-0.1, -0.05) is 36.9 Å². The molecule has 2 heterocycles. The number of ether oxygens (including phenoxy) is 1. The van der Waals surface area contributed by atoms with E-state index >= 15 is 0 Å². The third-order valence-electron chi connectivity index (χ3n) is 3.76. The Labute approximate surface area is 155 Å². The fraction of sp³-hybridized carbons (Fsp3) is 0.278. The van der Waals surface area contributed by atoms with Crippen LogP contribution in [0.25, 0.3) is 0 Å². The van der Waals surface area contributed by atoms with E-state index in [9.17, 15) is 4.79 Å². The predicted octanol–water partition coefficient (Wildman–Crippen LogP) is 4.00. The van der Waals surface area contributed by atoms with Gasteiger partial charge in [-0.05, 0) is 35.6 Å². The van der Waals surface area contributed by atoms with Crippen molar-refractivity contribution in [1.29, 1.82) is 0 Å². The summed E-state index contributed by atoms with van der Waals surface area (Å²) >= 11 is 3.08. The quantitative estimate of drug-likeness (QED) is 0.568. The lowest BCUT2D eigenvalue weighted by molar-refractivity contribution is -0.126. The Bertz CT molecular complexity index is 770. The minimum atomic E-state index is -0.0889. The Morgan fingerprint density at radius 2 is 2.08 bits per heavy atom. The standard InChI is InChI=1S/C18H19N3O2S2/c1-3-16-17(22)21(12-13-6-8-14(23-2)9-7-13)18(25-16)20-19-11-15-5-4-10-24-15/h4-11,16H,3,12H2,1-2H3/b19-11-,20-18+/t16-/m1/s1. The maximum atomic E-state index is 12.6. The first-order valence-corrected chi connectivity index (χ1v) is 9.72. The molecule has 130 valence electrons. The van der Waals surface area contributed by atoms with E-state index < -0.39 is 0 Å². The van der Waals surface area contributed by atoms with E-state index in [-0.39, 0.29) is 11.2 Å². The van der Waals surface area contributed by atoms with Gasteiger partial charge in [0.05, 0.1) is 25.1 Å². The Morgan fingerprint density at radius 1 is 1.28 bits per heavy atom. The molecule has 0 radical (unpaired) electrons. The number of thioether (sulfide) groups is 1. The van der Waals surface area contributed by atoms with E-state index in [2.05, 4.69) is 10.2 Å². The van der Waals surface area contributed by atoms with E-state index in [0.29, 0.717) is 11.7 Å². The molecule has 5 nitrogen and oxygen atoms in total. The van der Waals surface area contributed by atoms with E-state index in [1.54, 1.807) is 29.6 Å². The summed E-state index contributed by atoms with van der Waals surface area (Å²) < 4.78 is 5.18. The highest BCUT2D eigenvalue weighted by molar-refractivity contribution is 8.15. The zero-order valence-corrected chi connectivity index (χ0v) is 15.7. The predicted molar refractivity (Wildman–Crippen MR) is 105 cm³/mol. The average molecular weight is 374 g/mol. The molecule has 1 fully saturated rings. The average Bonchev–Trinajstić information content (AvgIpc) is 3.25. The largest absolute Gasteiger partial charge is 0.497 e. The lowest BCUT2D eigenvalue weighted by atomic mass is 10.2. The Morgan fingerprint density at radius 3 is 2.72 bits per heavy atom. The van der Waals surface area contributed by atoms with E-state index in [1.165, 1.54) is 11.8 Å². The Hall–Kier alpha value is -2.12. The van der Waals surface area contributed by atoms with Crippen molar-refractivity contribution >= 4 is 40.4 Å². The van der Waals surface area contributed by atoms with Gasteiger partial charge in [-0.15, -0.1) is 16.4 Å². The van der Waals surface area contributed by atoms with Crippen LogP contribution in [0.1, 0.15) is 23.8 Å². The monoisotopic (exact) mass is 373 g/mol. The minimum absolute atomic E-state index is 0.0889. The summed E-state index contributed by atoms with van der Waals surface area (Å²) in [6.07, 6.45) is 2.49. The minimum Gasteiger partial charge on any atom is -0.497 e. The first-order chi connectivity index (χ1) is 12.2. The summed E-state index contributed by atoms with van der Waals surface area (Å²) in [5.74, 6) is 0.889. The maximum absolute atomic E-state index is 12.6. The van der Waals surface area contributed by atoms with Gasteiger partial charge < -0.3 is 4.74 Å². The Kier molecular flexibility index (Phi) is 5.88. The number of carbonyl (C=O) groups is 1. The van der Waals surface area contributed by atoms with Crippen LogP contribution in [-0.2, 0) is 11.3 Å². The third kappa shape index (κ3) is 4.29. The van der Waals surface area contributed by atoms with Crippen molar-refractivity contribution in [2.45, 2.75) is 25.1 Å². The highest BCUT2D eigenvalue weighted by Crippen LogP contribution is 2.31. The van der Waals surface area contributed by atoms with Gasteiger partial charge in [0.25, 0.3) is 0 Å². The van der Waals surface area contributed by atoms with Gasteiger partial charge in [-0.2, -0.15) is 5.10 Å². The molecule has 0 spiro atoms. The van der Waals surface area contributed by atoms with Crippen molar-refractivity contribution < 1.29 is 9.53 Å². The van der Waals surface area contributed by atoms with Gasteiger partial charge in [0.15, 0.2) is 5.17 Å². The number of benzene rings is 1. The molecule has 0 N–H and O–H groups in total. The van der Waals surface area contributed by atoms with Crippen molar-refractivity contribution in [3.05, 3.63) is 52.2 Å². The number of carbonyl (C=O) groups excluding carboxylic acids is 1. The molecular formula is C18H19N3O2S2. The second-order valence-electron chi connectivity index (χ2n) is 5.43. The molecule has 1 saturated heterocycles. The van der Waals surface area contributed by atoms with Crippen molar-refractivity contribution in [2.75, 3.05) is 7.11 Å². The van der Waals surface area contributed by atoms with Crippen LogP contribution in [-0.4, -0.2) is 34.5 Å². The molecule has 1 aliphatic heterocycles. The first kappa shape index (κ1) is 17.7. The van der Waals surface area contributed by atoms with Crippen molar-refractivity contribution in [3.8, 4) is 5.75 Å². The van der Waals surface area contributed by atoms with Crippen LogP contribution in [0.5, 0.6) is 5.75 Å². The van der Waals surface area contributed by atoms with Crippen LogP contribution in [0, 0.1) is 0 Å². The van der Waals surface area contributed by atoms with Gasteiger partial charge in [0, 0.05) is 4.88 Å². The first-order valence-electron chi connectivity index (χ1n) is 7.96. The number of nitrogens with zero attached hydrogens (tertiary/aromatic N) is 3. The summed E-state index contributed by atoms with van der Waals surface area (Å²) in [6, 6.07) is 11.7. The molecule has 1 aromatic carbocycles. The van der Waals surface area contributed by atoms with Gasteiger partial charge in [0.1, 0.15) is 5.75 Å². The van der Waals surface area contributed by atoms with Crippen LogP contribution >= 0.6 is 23.1 Å². The molecule has 2 aromatic rings. The molecule has 0 unspecified atom stereocenters. The second-order valence-corrected chi connectivity index (χ2v) is 7.58. The molecule has 7 heteroatoms. The van der Waals surface area contributed by atoms with Gasteiger partial charge in [-0.25, -0.2) is 0 Å². The molecule has 1 aromatic heterocycles. The highest BCUT2D eigenvalue weighted by atomic mass is 32.2. The number of hydrogen-bond acceptors (Lipinski definition) is 6. The zero-order valence-electron chi connectivity index (χ0n) is 14.1. The molecule has 25 heavy (non-hydrogen) atoms. The van der Waals surface area contributed by atoms with Crippen LogP contribution in [0.2, 0.25) is 0 Å². The van der Waals surface area contributed by atoms with Gasteiger partial charge in [-0.3, -0.25) is 9.69 Å². The molecule has 3 rings (SSSR count). The fourth-order valence-electron chi connectivity index (χ4n) is 2.40. The topological polar surface area (TPSA) is 54.3 Å². The van der Waals surface area contributed by atoms with Gasteiger partial charge in [0.2, 0.25) is 5.91 Å². The molecule has 1 aliphatic rings. The van der Waals surface area contributed by atoms with Crippen LogP contribution in [0.3, 0.4) is 0 Å². The molecule has 0 aliphatic carbocycles. The second kappa shape index (κ2) is 8.31. The number of rotatable bonds is 6. The Balaban J connectivity index is 1.78. The van der Waals surface area contributed by atoms with E-state index in [1.807, 2.05) is 48.7 Å². The van der Waals surface area contributed by atoms with Crippen LogP contribution in [0.15, 0.2) is 52.0 Å². The molecule has 0 saturated carbocycles. The lowest BCUT2D eigenvalue weighted by Gasteiger charge is -2.16. The van der Waals surface area contributed by atoms with Crippen molar-refractivity contribution in [1.82, 2.24) is 4.90 Å². The van der Waals surface area contributed by atoms with Gasteiger partial charge >= 0.3 is 0 Å². The molecule has 1 amide bonds. The number of thiophene rings is 1. The number of methoxy groups -OCH3 is 1. The van der Waals surface area contributed by atoms with Crippen molar-refractivity contribution in [2.24, 2.45) is 10.2 Å². The third-order valence-corrected chi connectivity index (χ3v) is 5.90. The zero-order chi connectivity index (χ0) is 17.6. The molecule has 0 bridgehead atoms. The normalized spacial score (nSPS) is 19.3. The molecule has 1 atom stereocenters.